The molecule has 7 heteroatoms. The van der Waals surface area contributed by atoms with Crippen LogP contribution >= 0.6 is 22.7 Å². The Labute approximate surface area is 134 Å². The van der Waals surface area contributed by atoms with Gasteiger partial charge < -0.3 is 5.73 Å². The highest BCUT2D eigenvalue weighted by Gasteiger charge is 2.23. The van der Waals surface area contributed by atoms with Gasteiger partial charge in [0.25, 0.3) is 10.0 Å². The lowest BCUT2D eigenvalue weighted by molar-refractivity contribution is 0.569. The minimum absolute atomic E-state index is 0.247. The molecule has 21 heavy (non-hydrogen) atoms. The number of hydrogen-bond donors (Lipinski definition) is 2. The molecule has 2 aromatic rings. The molecule has 3 N–H and O–H groups in total. The summed E-state index contributed by atoms with van der Waals surface area (Å²) in [6.45, 7) is 8.16. The van der Waals surface area contributed by atoms with Crippen LogP contribution in [0.3, 0.4) is 0 Å². The van der Waals surface area contributed by atoms with Gasteiger partial charge in [0, 0.05) is 27.2 Å². The highest BCUT2D eigenvalue weighted by Crippen LogP contribution is 2.30. The van der Waals surface area contributed by atoms with E-state index in [1.165, 1.54) is 16.2 Å². The molecular formula is C14H20N2O2S3. The minimum atomic E-state index is -3.51. The van der Waals surface area contributed by atoms with Gasteiger partial charge in [0.1, 0.15) is 4.21 Å². The average molecular weight is 345 g/mol. The Morgan fingerprint density at radius 3 is 2.38 bits per heavy atom. The Balaban J connectivity index is 2.26. The summed E-state index contributed by atoms with van der Waals surface area (Å²) in [6, 6.07) is 3.48. The summed E-state index contributed by atoms with van der Waals surface area (Å²) in [7, 11) is -3.51. The molecule has 2 aromatic heterocycles. The molecule has 4 nitrogen and oxygen atoms in total. The van der Waals surface area contributed by atoms with Crippen molar-refractivity contribution in [1.29, 1.82) is 0 Å². The summed E-state index contributed by atoms with van der Waals surface area (Å²) >= 11 is 2.92. The van der Waals surface area contributed by atoms with E-state index in [0.29, 0.717) is 10.8 Å². The fourth-order valence-electron chi connectivity index (χ4n) is 2.26. The first-order valence-electron chi connectivity index (χ1n) is 6.63. The number of nitrogens with two attached hydrogens (primary N) is 1. The Kier molecular flexibility index (Phi) is 4.89. The molecule has 0 aliphatic carbocycles. The van der Waals surface area contributed by atoms with Gasteiger partial charge in [0.2, 0.25) is 0 Å². The Morgan fingerprint density at radius 1 is 1.24 bits per heavy atom. The molecule has 1 atom stereocenters. The number of thiophene rings is 2. The van der Waals surface area contributed by atoms with E-state index in [0.717, 1.165) is 20.9 Å². The summed E-state index contributed by atoms with van der Waals surface area (Å²) in [4.78, 5) is 3.24. The fraction of sp³-hybridized carbons (Fsp3) is 0.429. The van der Waals surface area contributed by atoms with Crippen molar-refractivity contribution < 1.29 is 8.42 Å². The van der Waals surface area contributed by atoms with Crippen LogP contribution in [-0.4, -0.2) is 8.42 Å². The molecule has 0 aliphatic rings. The number of hydrogen-bond acceptors (Lipinski definition) is 5. The van der Waals surface area contributed by atoms with Gasteiger partial charge in [-0.2, -0.15) is 0 Å². The average Bonchev–Trinajstić information content (AvgIpc) is 2.91. The zero-order valence-corrected chi connectivity index (χ0v) is 15.0. The molecule has 116 valence electrons. The largest absolute Gasteiger partial charge is 0.326 e. The Bertz CT molecular complexity index is 744. The molecule has 2 rings (SSSR count). The van der Waals surface area contributed by atoms with Crippen molar-refractivity contribution in [2.75, 3.05) is 0 Å². The fourth-order valence-corrected chi connectivity index (χ4v) is 5.99. The molecule has 0 fully saturated rings. The van der Waals surface area contributed by atoms with Crippen molar-refractivity contribution in [1.82, 2.24) is 4.72 Å². The molecule has 0 radical (unpaired) electrons. The third-order valence-electron chi connectivity index (χ3n) is 3.33. The van der Waals surface area contributed by atoms with E-state index >= 15 is 0 Å². The molecule has 1 unspecified atom stereocenters. The maximum absolute atomic E-state index is 12.5. The Morgan fingerprint density at radius 2 is 1.90 bits per heavy atom. The van der Waals surface area contributed by atoms with Crippen LogP contribution in [0.15, 0.2) is 16.3 Å². The first-order valence-corrected chi connectivity index (χ1v) is 9.75. The van der Waals surface area contributed by atoms with Gasteiger partial charge in [-0.3, -0.25) is 0 Å². The van der Waals surface area contributed by atoms with Crippen LogP contribution in [0.4, 0.5) is 0 Å². The SMILES string of the molecule is Cc1cc(C(C)NS(=O)(=O)c2cc(C)c(CN)s2)c(C)s1. The lowest BCUT2D eigenvalue weighted by atomic mass is 10.1. The maximum atomic E-state index is 12.5. The van der Waals surface area contributed by atoms with E-state index < -0.39 is 10.0 Å². The van der Waals surface area contributed by atoms with Crippen molar-refractivity contribution in [3.8, 4) is 0 Å². The van der Waals surface area contributed by atoms with E-state index in [1.54, 1.807) is 17.4 Å². The first-order chi connectivity index (χ1) is 9.74. The Hall–Kier alpha value is -0.730. The van der Waals surface area contributed by atoms with Gasteiger partial charge in [-0.25, -0.2) is 13.1 Å². The van der Waals surface area contributed by atoms with Crippen LogP contribution in [-0.2, 0) is 16.6 Å². The van der Waals surface area contributed by atoms with Gasteiger partial charge in [-0.1, -0.05) is 0 Å². The van der Waals surface area contributed by atoms with Crippen molar-refractivity contribution in [2.45, 2.75) is 44.5 Å². The van der Waals surface area contributed by atoms with Gasteiger partial charge in [-0.05, 0) is 51.0 Å². The van der Waals surface area contributed by atoms with E-state index in [1.807, 2.05) is 33.8 Å². The number of sulfonamides is 1. The zero-order chi connectivity index (χ0) is 15.8. The smallest absolute Gasteiger partial charge is 0.250 e. The molecule has 2 heterocycles. The third-order valence-corrected chi connectivity index (χ3v) is 7.58. The predicted molar refractivity (Wildman–Crippen MR) is 89.5 cm³/mol. The van der Waals surface area contributed by atoms with Crippen LogP contribution < -0.4 is 10.5 Å². The van der Waals surface area contributed by atoms with Gasteiger partial charge in [-0.15, -0.1) is 22.7 Å². The molecule has 0 bridgehead atoms. The van der Waals surface area contributed by atoms with E-state index in [-0.39, 0.29) is 6.04 Å². The summed E-state index contributed by atoms with van der Waals surface area (Å²) in [5.41, 5.74) is 7.58. The summed E-state index contributed by atoms with van der Waals surface area (Å²) in [6.07, 6.45) is 0. The lowest BCUT2D eigenvalue weighted by Crippen LogP contribution is -2.26. The zero-order valence-electron chi connectivity index (χ0n) is 12.6. The van der Waals surface area contributed by atoms with E-state index in [4.69, 9.17) is 5.73 Å². The normalized spacial score (nSPS) is 13.6. The molecule has 0 aliphatic heterocycles. The van der Waals surface area contributed by atoms with E-state index in [2.05, 4.69) is 4.72 Å². The van der Waals surface area contributed by atoms with Crippen LogP contribution in [0.1, 0.15) is 38.7 Å². The minimum Gasteiger partial charge on any atom is -0.326 e. The predicted octanol–water partition coefficient (Wildman–Crippen LogP) is 3.23. The third kappa shape index (κ3) is 3.54. The maximum Gasteiger partial charge on any atom is 0.250 e. The molecular weight excluding hydrogens is 324 g/mol. The second-order valence-corrected chi connectivity index (χ2v) is 9.63. The highest BCUT2D eigenvalue weighted by molar-refractivity contribution is 7.91. The van der Waals surface area contributed by atoms with Gasteiger partial charge in [0.15, 0.2) is 0 Å². The van der Waals surface area contributed by atoms with Crippen molar-refractivity contribution >= 4 is 32.7 Å². The molecule has 0 amide bonds. The van der Waals surface area contributed by atoms with Crippen LogP contribution in [0.25, 0.3) is 0 Å². The van der Waals surface area contributed by atoms with Crippen molar-refractivity contribution in [2.24, 2.45) is 5.73 Å². The van der Waals surface area contributed by atoms with Gasteiger partial charge >= 0.3 is 0 Å². The molecule has 0 saturated heterocycles. The second kappa shape index (κ2) is 6.18. The van der Waals surface area contributed by atoms with Crippen molar-refractivity contribution in [3.05, 3.63) is 37.9 Å². The first kappa shape index (κ1) is 16.6. The molecule has 0 spiro atoms. The van der Waals surface area contributed by atoms with Crippen molar-refractivity contribution in [3.63, 3.8) is 0 Å². The lowest BCUT2D eigenvalue weighted by Gasteiger charge is -2.13. The second-order valence-electron chi connectivity index (χ2n) is 5.09. The number of nitrogens with one attached hydrogen (secondary N) is 1. The van der Waals surface area contributed by atoms with E-state index in [9.17, 15) is 8.42 Å². The summed E-state index contributed by atoms with van der Waals surface area (Å²) in [5.74, 6) is 0. The highest BCUT2D eigenvalue weighted by atomic mass is 32.2. The van der Waals surface area contributed by atoms with Gasteiger partial charge in [0.05, 0.1) is 0 Å². The summed E-state index contributed by atoms with van der Waals surface area (Å²) in [5, 5.41) is 0. The number of aryl methyl sites for hydroxylation is 3. The topological polar surface area (TPSA) is 72.2 Å². The van der Waals surface area contributed by atoms with Crippen LogP contribution in [0, 0.1) is 20.8 Å². The summed E-state index contributed by atoms with van der Waals surface area (Å²) < 4.78 is 28.0. The van der Waals surface area contributed by atoms with Crippen LogP contribution in [0.5, 0.6) is 0 Å². The monoisotopic (exact) mass is 344 g/mol. The molecule has 0 aromatic carbocycles. The number of rotatable bonds is 5. The molecule has 0 saturated carbocycles. The van der Waals surface area contributed by atoms with Crippen LogP contribution in [0.2, 0.25) is 0 Å². The standard InChI is InChI=1S/C14H20N2O2S3/c1-8-5-14(20-13(8)7-15)21(17,18)16-10(3)12-6-9(2)19-11(12)4/h5-6,10,16H,7,15H2,1-4H3. The quantitative estimate of drug-likeness (QED) is 0.874.